The van der Waals surface area contributed by atoms with E-state index in [1.807, 2.05) is 0 Å². The van der Waals surface area contributed by atoms with Crippen molar-refractivity contribution in [3.8, 4) is 17.2 Å². The number of hydrogen-bond acceptors (Lipinski definition) is 5. The van der Waals surface area contributed by atoms with Gasteiger partial charge in [0.1, 0.15) is 29.0 Å². The highest BCUT2D eigenvalue weighted by atomic mass is 79.9. The number of nitrogens with zero attached hydrogens (tertiary/aromatic N) is 1. The molecule has 19 heavy (non-hydrogen) atoms. The fourth-order valence-corrected chi connectivity index (χ4v) is 3.05. The quantitative estimate of drug-likeness (QED) is 0.670. The lowest BCUT2D eigenvalue weighted by Crippen LogP contribution is -2.32. The molecule has 1 aliphatic carbocycles. The number of aromatic hydroxyl groups is 1. The number of aliphatic imine (C=N–C) groups is 1. The van der Waals surface area contributed by atoms with Gasteiger partial charge < -0.3 is 14.6 Å². The number of hydrogen-bond donors (Lipinski definition) is 1. The first-order valence-corrected chi connectivity index (χ1v) is 6.88. The van der Waals surface area contributed by atoms with Crippen LogP contribution in [0.1, 0.15) is 24.8 Å². The predicted molar refractivity (Wildman–Crippen MR) is 70.4 cm³/mol. The molecular formula is C13H12BrNO4. The Labute approximate surface area is 118 Å². The van der Waals surface area contributed by atoms with E-state index in [2.05, 4.69) is 20.9 Å². The molecule has 0 radical (unpaired) electrons. The molecule has 0 amide bonds. The Hall–Kier alpha value is -1.52. The summed E-state index contributed by atoms with van der Waals surface area (Å²) in [6.45, 7) is 0.912. The van der Waals surface area contributed by atoms with E-state index in [9.17, 15) is 9.90 Å². The minimum atomic E-state index is -0.663. The van der Waals surface area contributed by atoms with E-state index in [4.69, 9.17) is 9.47 Å². The standard InChI is InChI=1S/C13H12BrNO4/c14-10-11(17)8(13(15-7-16)2-1-3-13)6-9-12(10)19-5-4-18-9/h6,17H,1-5H2. The van der Waals surface area contributed by atoms with Crippen LogP contribution in [0.3, 0.4) is 0 Å². The fourth-order valence-electron chi connectivity index (χ4n) is 2.53. The van der Waals surface area contributed by atoms with Crippen molar-refractivity contribution >= 4 is 22.0 Å². The third-order valence-corrected chi connectivity index (χ3v) is 4.43. The summed E-state index contributed by atoms with van der Waals surface area (Å²) >= 11 is 3.32. The molecule has 1 N–H and O–H groups in total. The molecule has 1 aromatic carbocycles. The minimum Gasteiger partial charge on any atom is -0.506 e. The van der Waals surface area contributed by atoms with Gasteiger partial charge in [-0.05, 0) is 41.3 Å². The summed E-state index contributed by atoms with van der Waals surface area (Å²) in [6, 6.07) is 1.72. The van der Waals surface area contributed by atoms with Crippen LogP contribution >= 0.6 is 15.9 Å². The molecule has 3 rings (SSSR count). The predicted octanol–water partition coefficient (Wildman–Crippen LogP) is 2.64. The van der Waals surface area contributed by atoms with Crippen LogP contribution in [0.5, 0.6) is 17.2 Å². The number of ether oxygens (including phenoxy) is 2. The Kier molecular flexibility index (Phi) is 2.99. The van der Waals surface area contributed by atoms with Gasteiger partial charge in [0.2, 0.25) is 6.08 Å². The van der Waals surface area contributed by atoms with Crippen molar-refractivity contribution in [1.29, 1.82) is 0 Å². The smallest absolute Gasteiger partial charge is 0.235 e. The number of phenols is 1. The Morgan fingerprint density at radius 3 is 2.74 bits per heavy atom. The summed E-state index contributed by atoms with van der Waals surface area (Å²) in [5, 5.41) is 10.3. The van der Waals surface area contributed by atoms with Crippen LogP contribution in [0.4, 0.5) is 0 Å². The fraction of sp³-hybridized carbons (Fsp3) is 0.462. The minimum absolute atomic E-state index is 0.0583. The van der Waals surface area contributed by atoms with Crippen molar-refractivity contribution in [3.63, 3.8) is 0 Å². The second-order valence-corrected chi connectivity index (χ2v) is 5.49. The number of benzene rings is 1. The highest BCUT2D eigenvalue weighted by Crippen LogP contribution is 2.54. The molecule has 1 aromatic rings. The van der Waals surface area contributed by atoms with E-state index >= 15 is 0 Å². The van der Waals surface area contributed by atoms with Crippen molar-refractivity contribution in [1.82, 2.24) is 0 Å². The number of carbonyl (C=O) groups excluding carboxylic acids is 1. The molecular weight excluding hydrogens is 314 g/mol. The number of halogens is 1. The maximum Gasteiger partial charge on any atom is 0.235 e. The summed E-state index contributed by atoms with van der Waals surface area (Å²) < 4.78 is 11.5. The lowest BCUT2D eigenvalue weighted by atomic mass is 9.72. The molecule has 1 aliphatic heterocycles. The second-order valence-electron chi connectivity index (χ2n) is 4.70. The molecule has 0 spiro atoms. The van der Waals surface area contributed by atoms with Gasteiger partial charge in [0, 0.05) is 5.56 Å². The largest absolute Gasteiger partial charge is 0.506 e. The van der Waals surface area contributed by atoms with Crippen LogP contribution < -0.4 is 9.47 Å². The van der Waals surface area contributed by atoms with Gasteiger partial charge in [0.25, 0.3) is 0 Å². The average Bonchev–Trinajstić information content (AvgIpc) is 2.38. The first-order valence-electron chi connectivity index (χ1n) is 6.08. The van der Waals surface area contributed by atoms with Crippen LogP contribution in [-0.2, 0) is 10.3 Å². The van der Waals surface area contributed by atoms with Gasteiger partial charge in [-0.2, -0.15) is 4.99 Å². The summed E-state index contributed by atoms with van der Waals surface area (Å²) in [4.78, 5) is 14.5. The van der Waals surface area contributed by atoms with Crippen molar-refractivity contribution in [3.05, 3.63) is 16.1 Å². The Morgan fingerprint density at radius 1 is 1.37 bits per heavy atom. The van der Waals surface area contributed by atoms with E-state index in [1.165, 1.54) is 0 Å². The number of isocyanates is 1. The van der Waals surface area contributed by atoms with E-state index in [0.29, 0.717) is 34.7 Å². The zero-order valence-electron chi connectivity index (χ0n) is 10.1. The Bertz CT molecular complexity index is 576. The normalized spacial score (nSPS) is 19.2. The molecule has 2 aliphatic rings. The first kappa shape index (κ1) is 12.5. The lowest BCUT2D eigenvalue weighted by molar-refractivity contribution is 0.167. The van der Waals surface area contributed by atoms with Crippen molar-refractivity contribution in [2.75, 3.05) is 13.2 Å². The summed E-state index contributed by atoms with van der Waals surface area (Å²) in [6.07, 6.45) is 4.03. The first-order chi connectivity index (χ1) is 9.18. The third-order valence-electron chi connectivity index (χ3n) is 3.69. The van der Waals surface area contributed by atoms with Crippen LogP contribution in [0.25, 0.3) is 0 Å². The summed E-state index contributed by atoms with van der Waals surface area (Å²) in [5.74, 6) is 1.12. The Morgan fingerprint density at radius 2 is 2.11 bits per heavy atom. The monoisotopic (exact) mass is 325 g/mol. The number of fused-ring (bicyclic) bond motifs is 1. The summed E-state index contributed by atoms with van der Waals surface area (Å²) in [7, 11) is 0. The number of phenolic OH excluding ortho intramolecular Hbond substituents is 1. The van der Waals surface area contributed by atoms with Gasteiger partial charge in [0.05, 0.1) is 0 Å². The van der Waals surface area contributed by atoms with Crippen molar-refractivity contribution < 1.29 is 19.4 Å². The second kappa shape index (κ2) is 4.54. The molecule has 100 valence electrons. The maximum absolute atomic E-state index is 10.6. The van der Waals surface area contributed by atoms with E-state index in [0.717, 1.165) is 19.3 Å². The molecule has 5 nitrogen and oxygen atoms in total. The average molecular weight is 326 g/mol. The van der Waals surface area contributed by atoms with Crippen LogP contribution in [0.15, 0.2) is 15.5 Å². The molecule has 0 unspecified atom stereocenters. The van der Waals surface area contributed by atoms with Crippen molar-refractivity contribution in [2.24, 2.45) is 4.99 Å². The van der Waals surface area contributed by atoms with Gasteiger partial charge >= 0.3 is 0 Å². The molecule has 0 bridgehead atoms. The molecule has 0 aromatic heterocycles. The van der Waals surface area contributed by atoms with Gasteiger partial charge in [-0.3, -0.25) is 0 Å². The van der Waals surface area contributed by atoms with E-state index in [-0.39, 0.29) is 5.75 Å². The molecule has 1 fully saturated rings. The van der Waals surface area contributed by atoms with Crippen LogP contribution in [0.2, 0.25) is 0 Å². The SMILES string of the molecule is O=C=NC1(c2cc3c(c(Br)c2O)OCCO3)CCC1. The highest BCUT2D eigenvalue weighted by Gasteiger charge is 2.42. The molecule has 1 saturated carbocycles. The van der Waals surface area contributed by atoms with Crippen LogP contribution in [0, 0.1) is 0 Å². The van der Waals surface area contributed by atoms with Gasteiger partial charge in [-0.15, -0.1) is 0 Å². The zero-order chi connectivity index (χ0) is 13.5. The zero-order valence-corrected chi connectivity index (χ0v) is 11.7. The molecule has 1 heterocycles. The molecule has 0 atom stereocenters. The van der Waals surface area contributed by atoms with Gasteiger partial charge in [-0.25, -0.2) is 4.79 Å². The topological polar surface area (TPSA) is 68.1 Å². The lowest BCUT2D eigenvalue weighted by Gasteiger charge is -2.38. The van der Waals surface area contributed by atoms with E-state index in [1.54, 1.807) is 12.1 Å². The maximum atomic E-state index is 10.6. The van der Waals surface area contributed by atoms with Gasteiger partial charge in [-0.1, -0.05) is 0 Å². The number of rotatable bonds is 2. The van der Waals surface area contributed by atoms with Crippen molar-refractivity contribution in [2.45, 2.75) is 24.8 Å². The highest BCUT2D eigenvalue weighted by molar-refractivity contribution is 9.10. The van der Waals surface area contributed by atoms with Crippen LogP contribution in [-0.4, -0.2) is 24.4 Å². The van der Waals surface area contributed by atoms with Gasteiger partial charge in [0.15, 0.2) is 11.5 Å². The molecule has 0 saturated heterocycles. The summed E-state index contributed by atoms with van der Waals surface area (Å²) in [5.41, 5.74) is -0.0669. The third kappa shape index (κ3) is 1.83. The Balaban J connectivity index is 2.16. The van der Waals surface area contributed by atoms with E-state index < -0.39 is 5.54 Å². The molecule has 6 heteroatoms.